The van der Waals surface area contributed by atoms with Crippen molar-refractivity contribution in [3.05, 3.63) is 28.2 Å². The smallest absolute Gasteiger partial charge is 0.187 e. The minimum Gasteiger partial charge on any atom is -0.391 e. The molecule has 7 heteroatoms. The highest BCUT2D eigenvalue weighted by atomic mass is 35.5. The lowest BCUT2D eigenvalue weighted by Gasteiger charge is -2.14. The fourth-order valence-corrected chi connectivity index (χ4v) is 2.49. The number of aromatic nitrogens is 3. The van der Waals surface area contributed by atoms with Gasteiger partial charge in [0, 0.05) is 26.5 Å². The molecule has 5 nitrogen and oxygen atoms in total. The van der Waals surface area contributed by atoms with E-state index < -0.39 is 0 Å². The molecule has 0 aliphatic heterocycles. The average Bonchev–Trinajstić information content (AvgIpc) is 2.86. The van der Waals surface area contributed by atoms with E-state index in [0.29, 0.717) is 16.6 Å². The van der Waals surface area contributed by atoms with Crippen molar-refractivity contribution in [3.63, 3.8) is 0 Å². The zero-order chi connectivity index (χ0) is 12.4. The Bertz CT molecular complexity index is 510. The first-order valence-electron chi connectivity index (χ1n) is 5.05. The predicted molar refractivity (Wildman–Crippen MR) is 68.4 cm³/mol. The van der Waals surface area contributed by atoms with E-state index in [1.54, 1.807) is 6.20 Å². The van der Waals surface area contributed by atoms with Crippen molar-refractivity contribution in [3.8, 4) is 0 Å². The van der Waals surface area contributed by atoms with Gasteiger partial charge in [-0.3, -0.25) is 0 Å². The Morgan fingerprint density at radius 1 is 1.59 bits per heavy atom. The van der Waals surface area contributed by atoms with Crippen molar-refractivity contribution >= 4 is 28.1 Å². The van der Waals surface area contributed by atoms with Crippen LogP contribution in [0.2, 0.25) is 5.15 Å². The molecular formula is C10H13ClN4OS. The Labute approximate surface area is 108 Å². The Morgan fingerprint density at radius 3 is 2.88 bits per heavy atom. The number of rotatable bonds is 4. The molecule has 0 bridgehead atoms. The summed E-state index contributed by atoms with van der Waals surface area (Å²) in [6.07, 6.45) is 3.66. The number of thiazole rings is 1. The first kappa shape index (κ1) is 12.3. The van der Waals surface area contributed by atoms with Crippen LogP contribution in [0.25, 0.3) is 0 Å². The van der Waals surface area contributed by atoms with E-state index in [1.165, 1.54) is 11.3 Å². The first-order chi connectivity index (χ1) is 8.11. The van der Waals surface area contributed by atoms with Crippen molar-refractivity contribution in [2.75, 3.05) is 11.9 Å². The van der Waals surface area contributed by atoms with Gasteiger partial charge >= 0.3 is 0 Å². The second kappa shape index (κ2) is 5.03. The number of nitrogens with zero attached hydrogens (tertiary/aromatic N) is 4. The lowest BCUT2D eigenvalue weighted by atomic mass is 10.5. The maximum absolute atomic E-state index is 9.07. The van der Waals surface area contributed by atoms with Crippen molar-refractivity contribution < 1.29 is 5.11 Å². The molecule has 17 heavy (non-hydrogen) atoms. The molecule has 0 spiro atoms. The van der Waals surface area contributed by atoms with Crippen LogP contribution in [-0.2, 0) is 20.2 Å². The van der Waals surface area contributed by atoms with Crippen molar-refractivity contribution in [2.24, 2.45) is 7.05 Å². The summed E-state index contributed by atoms with van der Waals surface area (Å²) in [5.41, 5.74) is 0. The highest BCUT2D eigenvalue weighted by molar-refractivity contribution is 7.16. The highest BCUT2D eigenvalue weighted by Gasteiger charge is 2.13. The number of hydrogen-bond donors (Lipinski definition) is 1. The Balaban J connectivity index is 2.14. The summed E-state index contributed by atoms with van der Waals surface area (Å²) in [5.74, 6) is 0.948. The molecular weight excluding hydrogens is 260 g/mol. The van der Waals surface area contributed by atoms with Gasteiger partial charge in [0.1, 0.15) is 11.0 Å². The standard InChI is InChI=1S/C10H13ClN4OS/c1-14-4-3-12-8(14)5-15(2)10-13-9(11)7(6-16)17-10/h3-4,16H,5-6H2,1-2H3. The van der Waals surface area contributed by atoms with E-state index in [2.05, 4.69) is 9.97 Å². The van der Waals surface area contributed by atoms with Crippen molar-refractivity contribution in [2.45, 2.75) is 13.2 Å². The number of aliphatic hydroxyl groups excluding tert-OH is 1. The number of aliphatic hydroxyl groups is 1. The number of halogens is 1. The van der Waals surface area contributed by atoms with Crippen LogP contribution in [-0.4, -0.2) is 26.7 Å². The zero-order valence-corrected chi connectivity index (χ0v) is 11.2. The number of hydrogen-bond acceptors (Lipinski definition) is 5. The quantitative estimate of drug-likeness (QED) is 0.920. The molecule has 0 aliphatic rings. The minimum atomic E-state index is -0.0766. The van der Waals surface area contributed by atoms with Crippen LogP contribution in [0.15, 0.2) is 12.4 Å². The third kappa shape index (κ3) is 2.59. The normalized spacial score (nSPS) is 10.8. The third-order valence-electron chi connectivity index (χ3n) is 2.41. The highest BCUT2D eigenvalue weighted by Crippen LogP contribution is 2.29. The monoisotopic (exact) mass is 272 g/mol. The molecule has 0 aromatic carbocycles. The van der Waals surface area contributed by atoms with E-state index in [-0.39, 0.29) is 6.61 Å². The molecule has 0 aliphatic carbocycles. The summed E-state index contributed by atoms with van der Waals surface area (Å²) in [7, 11) is 3.87. The van der Waals surface area contributed by atoms with Gasteiger partial charge in [-0.1, -0.05) is 22.9 Å². The van der Waals surface area contributed by atoms with E-state index in [1.807, 2.05) is 29.8 Å². The summed E-state index contributed by atoms with van der Waals surface area (Å²) in [4.78, 5) is 11.1. The molecule has 0 fully saturated rings. The number of imidazole rings is 1. The molecule has 2 rings (SSSR count). The summed E-state index contributed by atoms with van der Waals surface area (Å²) in [6, 6.07) is 0. The maximum Gasteiger partial charge on any atom is 0.187 e. The topological polar surface area (TPSA) is 54.2 Å². The van der Waals surface area contributed by atoms with Crippen molar-refractivity contribution in [1.29, 1.82) is 0 Å². The average molecular weight is 273 g/mol. The van der Waals surface area contributed by atoms with Crippen LogP contribution >= 0.6 is 22.9 Å². The zero-order valence-electron chi connectivity index (χ0n) is 9.59. The van der Waals surface area contributed by atoms with Gasteiger partial charge in [-0.15, -0.1) is 0 Å². The fourth-order valence-electron chi connectivity index (χ4n) is 1.41. The van der Waals surface area contributed by atoms with Gasteiger partial charge in [-0.05, 0) is 0 Å². The van der Waals surface area contributed by atoms with Crippen LogP contribution in [0.4, 0.5) is 5.13 Å². The minimum absolute atomic E-state index is 0.0766. The second-order valence-corrected chi connectivity index (χ2v) is 5.10. The van der Waals surface area contributed by atoms with Crippen LogP contribution < -0.4 is 4.90 Å². The predicted octanol–water partition coefficient (Wildman–Crippen LogP) is 1.66. The SMILES string of the molecule is CN(Cc1nccn1C)c1nc(Cl)c(CO)s1. The molecule has 2 heterocycles. The summed E-state index contributed by atoms with van der Waals surface area (Å²) in [6.45, 7) is 0.574. The van der Waals surface area contributed by atoms with Gasteiger partial charge in [0.05, 0.1) is 18.0 Å². The van der Waals surface area contributed by atoms with Crippen LogP contribution in [0.3, 0.4) is 0 Å². The van der Waals surface area contributed by atoms with Gasteiger partial charge in [0.15, 0.2) is 5.13 Å². The molecule has 0 saturated heterocycles. The number of anilines is 1. The van der Waals surface area contributed by atoms with Gasteiger partial charge in [0.2, 0.25) is 0 Å². The van der Waals surface area contributed by atoms with Crippen LogP contribution in [0.5, 0.6) is 0 Å². The molecule has 0 atom stereocenters. The fraction of sp³-hybridized carbons (Fsp3) is 0.400. The lowest BCUT2D eigenvalue weighted by molar-refractivity contribution is 0.285. The second-order valence-electron chi connectivity index (χ2n) is 3.68. The van der Waals surface area contributed by atoms with E-state index >= 15 is 0 Å². The van der Waals surface area contributed by atoms with Crippen molar-refractivity contribution in [1.82, 2.24) is 14.5 Å². The number of aryl methyl sites for hydroxylation is 1. The van der Waals surface area contributed by atoms with Crippen LogP contribution in [0, 0.1) is 0 Å². The molecule has 0 saturated carbocycles. The summed E-state index contributed by atoms with van der Waals surface area (Å²) >= 11 is 7.29. The van der Waals surface area contributed by atoms with Gasteiger partial charge in [-0.2, -0.15) is 0 Å². The third-order valence-corrected chi connectivity index (χ3v) is 3.99. The molecule has 2 aromatic rings. The summed E-state index contributed by atoms with van der Waals surface area (Å²) in [5, 5.41) is 10.2. The van der Waals surface area contributed by atoms with Crippen LogP contribution in [0.1, 0.15) is 10.7 Å². The van der Waals surface area contributed by atoms with E-state index in [0.717, 1.165) is 11.0 Å². The van der Waals surface area contributed by atoms with Gasteiger partial charge < -0.3 is 14.6 Å². The molecule has 0 unspecified atom stereocenters. The van der Waals surface area contributed by atoms with E-state index in [9.17, 15) is 0 Å². The Morgan fingerprint density at radius 2 is 2.35 bits per heavy atom. The lowest BCUT2D eigenvalue weighted by Crippen LogP contribution is -2.18. The largest absolute Gasteiger partial charge is 0.391 e. The summed E-state index contributed by atoms with van der Waals surface area (Å²) < 4.78 is 1.96. The maximum atomic E-state index is 9.07. The Kier molecular flexibility index (Phi) is 3.66. The molecule has 0 amide bonds. The van der Waals surface area contributed by atoms with Gasteiger partial charge in [0.25, 0.3) is 0 Å². The van der Waals surface area contributed by atoms with Gasteiger partial charge in [-0.25, -0.2) is 9.97 Å². The Hall–Kier alpha value is -1.11. The molecule has 92 valence electrons. The first-order valence-corrected chi connectivity index (χ1v) is 6.24. The molecule has 2 aromatic heterocycles. The molecule has 0 radical (unpaired) electrons. The van der Waals surface area contributed by atoms with E-state index in [4.69, 9.17) is 16.7 Å². The molecule has 1 N–H and O–H groups in total.